The van der Waals surface area contributed by atoms with Crippen LogP contribution in [0.5, 0.6) is 0 Å². The van der Waals surface area contributed by atoms with Gasteiger partial charge in [-0.3, -0.25) is 9.59 Å². The van der Waals surface area contributed by atoms with Gasteiger partial charge in [0, 0.05) is 23.7 Å². The van der Waals surface area contributed by atoms with Gasteiger partial charge in [-0.2, -0.15) is 0 Å². The summed E-state index contributed by atoms with van der Waals surface area (Å²) in [5.74, 6) is -0.0248. The zero-order valence-electron chi connectivity index (χ0n) is 12.9. The van der Waals surface area contributed by atoms with Gasteiger partial charge in [0.1, 0.15) is 0 Å². The number of carbonyl (C=O) groups is 2. The van der Waals surface area contributed by atoms with Crippen LogP contribution >= 0.6 is 0 Å². The first-order valence-electron chi connectivity index (χ1n) is 8.10. The minimum Gasteiger partial charge on any atom is -0.349 e. The molecule has 1 aromatic carbocycles. The van der Waals surface area contributed by atoms with Crippen molar-refractivity contribution >= 4 is 17.5 Å². The minimum atomic E-state index is -0.0414. The fourth-order valence-corrected chi connectivity index (χ4v) is 2.21. The lowest BCUT2D eigenvalue weighted by Crippen LogP contribution is -2.25. The fraction of sp³-hybridized carbons (Fsp3) is 0.529. The van der Waals surface area contributed by atoms with Crippen LogP contribution in [0.15, 0.2) is 24.3 Å². The number of nitrogens with two attached hydrogens (primary N) is 1. The number of nitrogens with one attached hydrogen (secondary N) is 2. The van der Waals surface area contributed by atoms with Gasteiger partial charge in [-0.25, -0.2) is 0 Å². The molecule has 2 amide bonds. The molecular weight excluding hydrogens is 278 g/mol. The van der Waals surface area contributed by atoms with Gasteiger partial charge in [0.15, 0.2) is 0 Å². The first-order chi connectivity index (χ1) is 10.7. The van der Waals surface area contributed by atoms with Gasteiger partial charge >= 0.3 is 0 Å². The third-order valence-electron chi connectivity index (χ3n) is 3.70. The smallest absolute Gasteiger partial charge is 0.251 e. The second kappa shape index (κ2) is 8.54. The number of hydrogen-bond acceptors (Lipinski definition) is 3. The number of hydrogen-bond donors (Lipinski definition) is 3. The highest BCUT2D eigenvalue weighted by Gasteiger charge is 2.23. The van der Waals surface area contributed by atoms with Gasteiger partial charge in [-0.15, -0.1) is 0 Å². The van der Waals surface area contributed by atoms with Crippen LogP contribution in [0.1, 0.15) is 55.3 Å². The Labute approximate surface area is 131 Å². The lowest BCUT2D eigenvalue weighted by Gasteiger charge is -2.07. The summed E-state index contributed by atoms with van der Waals surface area (Å²) in [5, 5.41) is 5.80. The van der Waals surface area contributed by atoms with Gasteiger partial charge in [0.25, 0.3) is 5.91 Å². The number of rotatable bonds is 9. The summed E-state index contributed by atoms with van der Waals surface area (Å²) in [4.78, 5) is 23.7. The van der Waals surface area contributed by atoms with Gasteiger partial charge < -0.3 is 16.4 Å². The second-order valence-corrected chi connectivity index (χ2v) is 5.83. The number of carbonyl (C=O) groups excluding carboxylic acids is 2. The summed E-state index contributed by atoms with van der Waals surface area (Å²) in [7, 11) is 0. The maximum absolute atomic E-state index is 11.8. The Hall–Kier alpha value is -1.88. The van der Waals surface area contributed by atoms with Crippen LogP contribution in [0.3, 0.4) is 0 Å². The molecule has 5 nitrogen and oxygen atoms in total. The first-order valence-corrected chi connectivity index (χ1v) is 8.10. The van der Waals surface area contributed by atoms with Crippen LogP contribution in [-0.2, 0) is 4.79 Å². The summed E-state index contributed by atoms with van der Waals surface area (Å²) in [5.41, 5.74) is 6.79. The maximum atomic E-state index is 11.8. The molecule has 0 atom stereocenters. The predicted octanol–water partition coefficient (Wildman–Crippen LogP) is 2.43. The molecule has 0 bridgehead atoms. The average molecular weight is 303 g/mol. The molecule has 0 saturated heterocycles. The molecule has 5 heteroatoms. The van der Waals surface area contributed by atoms with E-state index in [0.717, 1.165) is 44.2 Å². The zero-order chi connectivity index (χ0) is 15.8. The van der Waals surface area contributed by atoms with Gasteiger partial charge in [-0.05, 0) is 56.5 Å². The van der Waals surface area contributed by atoms with Crippen molar-refractivity contribution in [3.63, 3.8) is 0 Å². The number of anilines is 1. The molecule has 4 N–H and O–H groups in total. The van der Waals surface area contributed by atoms with Gasteiger partial charge in [0.05, 0.1) is 0 Å². The fourth-order valence-electron chi connectivity index (χ4n) is 2.21. The maximum Gasteiger partial charge on any atom is 0.251 e. The van der Waals surface area contributed by atoms with Gasteiger partial charge in [0.2, 0.25) is 5.91 Å². The molecule has 1 aromatic rings. The van der Waals surface area contributed by atoms with Crippen molar-refractivity contribution in [2.75, 3.05) is 11.9 Å². The second-order valence-electron chi connectivity index (χ2n) is 5.83. The highest BCUT2D eigenvalue weighted by molar-refractivity contribution is 5.96. The largest absolute Gasteiger partial charge is 0.349 e. The molecule has 1 saturated carbocycles. The van der Waals surface area contributed by atoms with E-state index < -0.39 is 0 Å². The van der Waals surface area contributed by atoms with Crippen molar-refractivity contribution in [2.24, 2.45) is 5.73 Å². The van der Waals surface area contributed by atoms with E-state index in [-0.39, 0.29) is 11.8 Å². The number of unbranched alkanes of at least 4 members (excludes halogenated alkanes) is 3. The topological polar surface area (TPSA) is 84.2 Å². The molecular formula is C17H25N3O2. The van der Waals surface area contributed by atoms with Gasteiger partial charge in [-0.1, -0.05) is 12.8 Å². The Bertz CT molecular complexity index is 495. The molecule has 22 heavy (non-hydrogen) atoms. The number of amides is 2. The molecule has 0 radical (unpaired) electrons. The first kappa shape index (κ1) is 16.5. The lowest BCUT2D eigenvalue weighted by atomic mass is 10.1. The van der Waals surface area contributed by atoms with Crippen LogP contribution in [0.4, 0.5) is 5.69 Å². The Morgan fingerprint density at radius 2 is 1.73 bits per heavy atom. The van der Waals surface area contributed by atoms with E-state index in [2.05, 4.69) is 10.6 Å². The van der Waals surface area contributed by atoms with Crippen LogP contribution in [0.2, 0.25) is 0 Å². The summed E-state index contributed by atoms with van der Waals surface area (Å²) in [6.45, 7) is 0.715. The Morgan fingerprint density at radius 3 is 2.36 bits per heavy atom. The predicted molar refractivity (Wildman–Crippen MR) is 87.7 cm³/mol. The molecule has 0 spiro atoms. The van der Waals surface area contributed by atoms with Crippen molar-refractivity contribution in [3.05, 3.63) is 29.8 Å². The van der Waals surface area contributed by atoms with E-state index in [1.165, 1.54) is 0 Å². The molecule has 0 heterocycles. The molecule has 0 aromatic heterocycles. The van der Waals surface area contributed by atoms with Crippen LogP contribution in [0.25, 0.3) is 0 Å². The van der Waals surface area contributed by atoms with E-state index in [1.54, 1.807) is 24.3 Å². The van der Waals surface area contributed by atoms with Crippen molar-refractivity contribution in [1.29, 1.82) is 0 Å². The quantitative estimate of drug-likeness (QED) is 0.613. The van der Waals surface area contributed by atoms with Crippen molar-refractivity contribution in [1.82, 2.24) is 5.32 Å². The SMILES string of the molecule is NCCCCCCC(=O)Nc1ccc(C(=O)NC2CC2)cc1. The van der Waals surface area contributed by atoms with Crippen molar-refractivity contribution < 1.29 is 9.59 Å². The highest BCUT2D eigenvalue weighted by Crippen LogP contribution is 2.19. The molecule has 0 unspecified atom stereocenters. The summed E-state index contributed by atoms with van der Waals surface area (Å²) >= 11 is 0. The third kappa shape index (κ3) is 5.85. The Balaban J connectivity index is 1.70. The highest BCUT2D eigenvalue weighted by atomic mass is 16.2. The summed E-state index contributed by atoms with van der Waals surface area (Å²) < 4.78 is 0. The molecule has 1 fully saturated rings. The molecule has 0 aliphatic heterocycles. The summed E-state index contributed by atoms with van der Waals surface area (Å²) in [6.07, 6.45) is 6.68. The van der Waals surface area contributed by atoms with Crippen molar-refractivity contribution in [3.8, 4) is 0 Å². The van der Waals surface area contributed by atoms with E-state index in [1.807, 2.05) is 0 Å². The summed E-state index contributed by atoms with van der Waals surface area (Å²) in [6, 6.07) is 7.39. The lowest BCUT2D eigenvalue weighted by molar-refractivity contribution is -0.116. The molecule has 1 aliphatic carbocycles. The monoisotopic (exact) mass is 303 g/mol. The Morgan fingerprint density at radius 1 is 1.05 bits per heavy atom. The molecule has 1 aliphatic rings. The van der Waals surface area contributed by atoms with Crippen LogP contribution in [0, 0.1) is 0 Å². The van der Waals surface area contributed by atoms with Crippen molar-refractivity contribution in [2.45, 2.75) is 51.0 Å². The van der Waals surface area contributed by atoms with E-state index in [9.17, 15) is 9.59 Å². The number of benzene rings is 1. The minimum absolute atomic E-state index is 0.0166. The van der Waals surface area contributed by atoms with E-state index in [4.69, 9.17) is 5.73 Å². The average Bonchev–Trinajstić information content (AvgIpc) is 3.31. The third-order valence-corrected chi connectivity index (χ3v) is 3.70. The normalized spacial score (nSPS) is 13.7. The molecule has 2 rings (SSSR count). The van der Waals surface area contributed by atoms with Crippen LogP contribution < -0.4 is 16.4 Å². The molecule has 120 valence electrons. The zero-order valence-corrected chi connectivity index (χ0v) is 12.9. The van der Waals surface area contributed by atoms with E-state index >= 15 is 0 Å². The van der Waals surface area contributed by atoms with Crippen LogP contribution in [-0.4, -0.2) is 24.4 Å². The standard InChI is InChI=1S/C17H25N3O2/c18-12-4-2-1-3-5-16(21)19-14-8-6-13(7-9-14)17(22)20-15-10-11-15/h6-9,15H,1-5,10-12,18H2,(H,19,21)(H,20,22). The van der Waals surface area contributed by atoms with E-state index in [0.29, 0.717) is 24.6 Å². The Kier molecular flexibility index (Phi) is 6.40.